The van der Waals surface area contributed by atoms with Crippen LogP contribution in [0.25, 0.3) is 0 Å². The zero-order valence-corrected chi connectivity index (χ0v) is 14.8. The number of nitrogens with zero attached hydrogens (tertiary/aromatic N) is 1. The lowest BCUT2D eigenvalue weighted by molar-refractivity contribution is -0.383. The Hall–Kier alpha value is -2.51. The van der Waals surface area contributed by atoms with Gasteiger partial charge in [-0.2, -0.15) is 0 Å². The van der Waals surface area contributed by atoms with Crippen molar-refractivity contribution in [2.75, 3.05) is 19.5 Å². The third-order valence-electron chi connectivity index (χ3n) is 3.34. The zero-order valence-electron chi connectivity index (χ0n) is 13.3. The van der Waals surface area contributed by atoms with E-state index in [2.05, 4.69) is 5.32 Å². The number of carbonyl (C=O) groups is 1. The van der Waals surface area contributed by atoms with Gasteiger partial charge >= 0.3 is 0 Å². The van der Waals surface area contributed by atoms with Gasteiger partial charge in [0.15, 0.2) is 22.1 Å². The molecule has 2 aromatic rings. The highest BCUT2D eigenvalue weighted by Crippen LogP contribution is 2.34. The van der Waals surface area contributed by atoms with Gasteiger partial charge in [0, 0.05) is 23.4 Å². The molecule has 0 atom stereocenters. The first kappa shape index (κ1) is 18.8. The second-order valence-electron chi connectivity index (χ2n) is 4.85. The maximum Gasteiger partial charge on any atom is 0.293 e. The summed E-state index contributed by atoms with van der Waals surface area (Å²) in [6, 6.07) is 8.93. The zero-order chi connectivity index (χ0) is 18.6. The Morgan fingerprint density at radius 3 is 2.36 bits per heavy atom. The van der Waals surface area contributed by atoms with Crippen LogP contribution in [0.2, 0.25) is 0 Å². The molecule has 2 rings (SSSR count). The molecule has 0 saturated heterocycles. The Labute approximate surface area is 153 Å². The second kappa shape index (κ2) is 8.04. The molecule has 0 aromatic heterocycles. The number of methoxy groups -OCH3 is 2. The first-order valence-electron chi connectivity index (χ1n) is 6.97. The van der Waals surface area contributed by atoms with Crippen LogP contribution in [0.4, 0.5) is 17.1 Å². The quantitative estimate of drug-likeness (QED) is 0.330. The Kier molecular flexibility index (Phi) is 6.06. The molecule has 0 radical (unpaired) electrons. The van der Waals surface area contributed by atoms with E-state index < -0.39 is 15.5 Å². The molecule has 132 valence electrons. The summed E-state index contributed by atoms with van der Waals surface area (Å²) in [6.45, 7) is 0. The smallest absolute Gasteiger partial charge is 0.293 e. The molecule has 7 nitrogen and oxygen atoms in total. The number of anilines is 2. The lowest BCUT2D eigenvalue weighted by atomic mass is 10.1. The van der Waals surface area contributed by atoms with E-state index in [0.717, 1.165) is 6.07 Å². The van der Waals surface area contributed by atoms with Gasteiger partial charge in [0.2, 0.25) is 0 Å². The Morgan fingerprint density at radius 2 is 1.80 bits per heavy atom. The number of hydrogen-bond acceptors (Lipinski definition) is 6. The van der Waals surface area contributed by atoms with Crippen LogP contribution in [0, 0.1) is 10.1 Å². The maximum absolute atomic E-state index is 11.8. The monoisotopic (exact) mass is 384 g/mol. The lowest BCUT2D eigenvalue weighted by Crippen LogP contribution is -2.09. The van der Waals surface area contributed by atoms with Gasteiger partial charge in [0.25, 0.3) is 5.69 Å². The second-order valence-corrected chi connectivity index (χ2v) is 5.95. The lowest BCUT2D eigenvalue weighted by Gasteiger charge is -2.12. The third kappa shape index (κ3) is 4.32. The van der Waals surface area contributed by atoms with Crippen molar-refractivity contribution in [2.24, 2.45) is 0 Å². The molecule has 0 bridgehead atoms. The number of ketones is 1. The largest absolute Gasteiger partial charge is 0.493 e. The first-order chi connectivity index (χ1) is 11.9. The Balaban J connectivity index is 2.39. The van der Waals surface area contributed by atoms with E-state index in [1.54, 1.807) is 18.2 Å². The van der Waals surface area contributed by atoms with Crippen LogP contribution in [-0.4, -0.2) is 29.8 Å². The van der Waals surface area contributed by atoms with Crippen molar-refractivity contribution in [1.29, 1.82) is 0 Å². The van der Waals surface area contributed by atoms with E-state index in [9.17, 15) is 14.9 Å². The number of carbonyl (C=O) groups excluding carboxylic acids is 1. The van der Waals surface area contributed by atoms with Crippen LogP contribution < -0.4 is 14.8 Å². The van der Waals surface area contributed by atoms with E-state index in [0.29, 0.717) is 17.2 Å². The van der Waals surface area contributed by atoms with E-state index in [1.807, 2.05) is 0 Å². The normalized spacial score (nSPS) is 10.4. The van der Waals surface area contributed by atoms with Crippen molar-refractivity contribution < 1.29 is 19.2 Å². The van der Waals surface area contributed by atoms with Crippen molar-refractivity contribution in [3.63, 3.8) is 0 Å². The molecule has 0 aliphatic carbocycles. The Morgan fingerprint density at radius 1 is 1.12 bits per heavy atom. The molecular weight excluding hydrogens is 371 g/mol. The molecule has 0 spiro atoms. The molecule has 0 aliphatic rings. The summed E-state index contributed by atoms with van der Waals surface area (Å²) in [5, 5.41) is 14.2. The highest BCUT2D eigenvalue weighted by atomic mass is 35.5. The number of alkyl halides is 2. The van der Waals surface area contributed by atoms with Crippen molar-refractivity contribution in [1.82, 2.24) is 0 Å². The van der Waals surface area contributed by atoms with Crippen molar-refractivity contribution in [3.8, 4) is 11.5 Å². The minimum absolute atomic E-state index is 0.0551. The van der Waals surface area contributed by atoms with Crippen molar-refractivity contribution in [3.05, 3.63) is 52.1 Å². The summed E-state index contributed by atoms with van der Waals surface area (Å²) in [5.41, 5.74) is 0.524. The van der Waals surface area contributed by atoms with Gasteiger partial charge in [-0.15, -0.1) is 0 Å². The molecule has 0 fully saturated rings. The van der Waals surface area contributed by atoms with Gasteiger partial charge < -0.3 is 14.8 Å². The third-order valence-corrected chi connectivity index (χ3v) is 3.74. The van der Waals surface area contributed by atoms with Crippen LogP contribution >= 0.6 is 23.2 Å². The predicted molar refractivity (Wildman–Crippen MR) is 95.7 cm³/mol. The number of benzene rings is 2. The number of nitro benzene ring substituents is 1. The Bertz CT molecular complexity index is 811. The highest BCUT2D eigenvalue weighted by molar-refractivity contribution is 6.55. The minimum atomic E-state index is -1.29. The standard InChI is InChI=1S/C16H14Cl2N2O5/c1-24-13-6-4-10(8-14(13)25-2)19-11-5-3-9(15(21)16(17)18)7-12(11)20(22)23/h3-8,16,19H,1-2H3. The molecule has 2 aromatic carbocycles. The maximum atomic E-state index is 11.8. The van der Waals surface area contributed by atoms with E-state index in [-0.39, 0.29) is 16.9 Å². The summed E-state index contributed by atoms with van der Waals surface area (Å²) in [5.74, 6) is 0.386. The van der Waals surface area contributed by atoms with Crippen LogP contribution in [0.1, 0.15) is 10.4 Å². The molecule has 0 saturated carbocycles. The van der Waals surface area contributed by atoms with Crippen LogP contribution in [0.3, 0.4) is 0 Å². The summed E-state index contributed by atoms with van der Waals surface area (Å²) >= 11 is 11.1. The fourth-order valence-electron chi connectivity index (χ4n) is 2.14. The first-order valence-corrected chi connectivity index (χ1v) is 7.84. The van der Waals surface area contributed by atoms with Crippen molar-refractivity contribution in [2.45, 2.75) is 4.84 Å². The number of hydrogen-bond donors (Lipinski definition) is 1. The van der Waals surface area contributed by atoms with Crippen LogP contribution in [0.5, 0.6) is 11.5 Å². The van der Waals surface area contributed by atoms with Gasteiger partial charge in [0.1, 0.15) is 5.69 Å². The number of nitro groups is 1. The number of halogens is 2. The average molecular weight is 385 g/mol. The van der Waals surface area contributed by atoms with Crippen LogP contribution in [-0.2, 0) is 0 Å². The summed E-state index contributed by atoms with van der Waals surface area (Å²) in [6.07, 6.45) is 0. The van der Waals surface area contributed by atoms with E-state index >= 15 is 0 Å². The molecular formula is C16H14Cl2N2O5. The fraction of sp³-hybridized carbons (Fsp3) is 0.188. The van der Waals surface area contributed by atoms with E-state index in [1.165, 1.54) is 26.4 Å². The number of ether oxygens (including phenoxy) is 2. The summed E-state index contributed by atoms with van der Waals surface area (Å²) in [7, 11) is 2.99. The molecule has 0 amide bonds. The molecule has 0 aliphatic heterocycles. The van der Waals surface area contributed by atoms with Gasteiger partial charge in [-0.05, 0) is 24.3 Å². The number of nitrogens with one attached hydrogen (secondary N) is 1. The average Bonchev–Trinajstić information content (AvgIpc) is 2.60. The van der Waals surface area contributed by atoms with Gasteiger partial charge in [-0.3, -0.25) is 14.9 Å². The fourth-order valence-corrected chi connectivity index (χ4v) is 2.39. The highest BCUT2D eigenvalue weighted by Gasteiger charge is 2.21. The van der Waals surface area contributed by atoms with Gasteiger partial charge in [-0.1, -0.05) is 23.2 Å². The molecule has 25 heavy (non-hydrogen) atoms. The molecule has 9 heteroatoms. The molecule has 1 N–H and O–H groups in total. The van der Waals surface area contributed by atoms with E-state index in [4.69, 9.17) is 32.7 Å². The number of Topliss-reactive ketones (excluding diaryl/α,β-unsaturated/α-hetero) is 1. The molecule has 0 heterocycles. The summed E-state index contributed by atoms with van der Waals surface area (Å²) < 4.78 is 10.3. The summed E-state index contributed by atoms with van der Waals surface area (Å²) in [4.78, 5) is 21.2. The SMILES string of the molecule is COc1ccc(Nc2ccc(C(=O)C(Cl)Cl)cc2[N+](=O)[O-])cc1OC. The van der Waals surface area contributed by atoms with Crippen molar-refractivity contribution >= 4 is 46.0 Å². The topological polar surface area (TPSA) is 90.7 Å². The molecule has 0 unspecified atom stereocenters. The van der Waals surface area contributed by atoms with Gasteiger partial charge in [-0.25, -0.2) is 0 Å². The minimum Gasteiger partial charge on any atom is -0.493 e. The number of rotatable bonds is 7. The van der Waals surface area contributed by atoms with Crippen LogP contribution in [0.15, 0.2) is 36.4 Å². The predicted octanol–water partition coefficient (Wildman–Crippen LogP) is 4.34. The van der Waals surface area contributed by atoms with Gasteiger partial charge in [0.05, 0.1) is 19.1 Å².